The van der Waals surface area contributed by atoms with Gasteiger partial charge in [-0.2, -0.15) is 24.9 Å². The number of alkyl halides is 3. The Morgan fingerprint density at radius 1 is 1.35 bits per heavy atom. The van der Waals surface area contributed by atoms with Gasteiger partial charge < -0.3 is 10.8 Å². The third-order valence-electron chi connectivity index (χ3n) is 3.23. The fraction of sp³-hybridized carbons (Fsp3) is 0.467. The van der Waals surface area contributed by atoms with Gasteiger partial charge >= 0.3 is 5.51 Å². The van der Waals surface area contributed by atoms with E-state index < -0.39 is 41.2 Å². The molecule has 26 heavy (non-hydrogen) atoms. The Morgan fingerprint density at radius 3 is 2.58 bits per heavy atom. The maximum absolute atomic E-state index is 12.4. The molecule has 0 aliphatic carbocycles. The average molecular weight is 411 g/mol. The molecule has 5 N–H and O–H groups in total. The second kappa shape index (κ2) is 10.2. The summed E-state index contributed by atoms with van der Waals surface area (Å²) in [6, 6.07) is 3.70. The standard InChI is InChI=1S/C15H20F3N3O3S2/c1-2-25-7-6-11(19)12(22)14(24)21(20)13(23)9-4-3-5-10(8-9)26-15(16,17)18/h3-5,8,11-12,22H,2,6-7,19-20H2,1H3/t11-,12?/m1/s1. The van der Waals surface area contributed by atoms with Gasteiger partial charge in [0.25, 0.3) is 11.8 Å². The van der Waals surface area contributed by atoms with Crippen LogP contribution in [-0.4, -0.2) is 51.1 Å². The number of hydrazine groups is 1. The van der Waals surface area contributed by atoms with Crippen LogP contribution in [0.4, 0.5) is 13.2 Å². The summed E-state index contributed by atoms with van der Waals surface area (Å²) in [6.07, 6.45) is -1.35. The Hall–Kier alpha value is -1.27. The van der Waals surface area contributed by atoms with E-state index in [2.05, 4.69) is 0 Å². The number of carbonyl (C=O) groups is 2. The zero-order valence-corrected chi connectivity index (χ0v) is 15.5. The lowest BCUT2D eigenvalue weighted by atomic mass is 10.1. The summed E-state index contributed by atoms with van der Waals surface area (Å²) >= 11 is 1.18. The van der Waals surface area contributed by atoms with Crippen molar-refractivity contribution in [1.29, 1.82) is 0 Å². The van der Waals surface area contributed by atoms with E-state index in [0.717, 1.165) is 11.8 Å². The predicted molar refractivity (Wildman–Crippen MR) is 95.3 cm³/mol. The van der Waals surface area contributed by atoms with Crippen molar-refractivity contribution in [2.45, 2.75) is 35.9 Å². The van der Waals surface area contributed by atoms with Gasteiger partial charge in [-0.05, 0) is 47.9 Å². The lowest BCUT2D eigenvalue weighted by molar-refractivity contribution is -0.138. The van der Waals surface area contributed by atoms with E-state index in [4.69, 9.17) is 11.6 Å². The topological polar surface area (TPSA) is 110 Å². The zero-order valence-electron chi connectivity index (χ0n) is 13.9. The molecule has 11 heteroatoms. The largest absolute Gasteiger partial charge is 0.446 e. The normalized spacial score (nSPS) is 14.0. The highest BCUT2D eigenvalue weighted by Crippen LogP contribution is 2.37. The Kier molecular flexibility index (Phi) is 8.90. The molecule has 0 spiro atoms. The summed E-state index contributed by atoms with van der Waals surface area (Å²) in [7, 11) is 0. The molecule has 0 bridgehead atoms. The van der Waals surface area contributed by atoms with Crippen LogP contribution in [0.2, 0.25) is 0 Å². The first kappa shape index (κ1) is 22.8. The first-order chi connectivity index (χ1) is 12.1. The number of thioether (sulfide) groups is 2. The molecule has 0 aliphatic rings. The summed E-state index contributed by atoms with van der Waals surface area (Å²) in [5.74, 6) is 4.78. The molecule has 0 heterocycles. The lowest BCUT2D eigenvalue weighted by Crippen LogP contribution is -2.53. The van der Waals surface area contributed by atoms with Crippen molar-refractivity contribution in [3.8, 4) is 0 Å². The van der Waals surface area contributed by atoms with Crippen LogP contribution in [-0.2, 0) is 4.79 Å². The van der Waals surface area contributed by atoms with Gasteiger partial charge in [0.1, 0.15) is 6.10 Å². The number of rotatable bonds is 8. The average Bonchev–Trinajstić information content (AvgIpc) is 2.58. The number of benzene rings is 1. The molecule has 1 aromatic rings. The fourth-order valence-corrected chi connectivity index (χ4v) is 3.24. The van der Waals surface area contributed by atoms with E-state index in [1.54, 1.807) is 11.8 Å². The van der Waals surface area contributed by atoms with Gasteiger partial charge in [0.2, 0.25) is 0 Å². The maximum Gasteiger partial charge on any atom is 0.446 e. The zero-order chi connectivity index (χ0) is 19.9. The third kappa shape index (κ3) is 7.16. The number of amides is 2. The summed E-state index contributed by atoms with van der Waals surface area (Å²) in [5.41, 5.74) is 0.998. The van der Waals surface area contributed by atoms with Crippen LogP contribution in [0.25, 0.3) is 0 Å². The first-order valence-corrected chi connectivity index (χ1v) is 9.54. The summed E-state index contributed by atoms with van der Waals surface area (Å²) in [4.78, 5) is 24.1. The molecule has 1 unspecified atom stereocenters. The van der Waals surface area contributed by atoms with Crippen molar-refractivity contribution in [2.24, 2.45) is 11.6 Å². The number of carbonyl (C=O) groups excluding carboxylic acids is 2. The van der Waals surface area contributed by atoms with Gasteiger partial charge in [-0.15, -0.1) is 0 Å². The summed E-state index contributed by atoms with van der Waals surface area (Å²) in [6.45, 7) is 1.95. The van der Waals surface area contributed by atoms with Gasteiger partial charge in [-0.1, -0.05) is 13.0 Å². The Balaban J connectivity index is 2.79. The molecule has 0 aliphatic heterocycles. The van der Waals surface area contributed by atoms with Crippen molar-refractivity contribution in [3.05, 3.63) is 29.8 Å². The number of nitrogens with zero attached hydrogens (tertiary/aromatic N) is 1. The summed E-state index contributed by atoms with van der Waals surface area (Å²) in [5, 5.41) is 10.1. The Bertz CT molecular complexity index is 632. The molecule has 0 radical (unpaired) electrons. The number of hydrogen-bond donors (Lipinski definition) is 3. The van der Waals surface area contributed by atoms with Gasteiger partial charge in [-0.3, -0.25) is 9.59 Å². The number of imide groups is 1. The molecule has 0 fully saturated rings. The number of aliphatic hydroxyl groups excluding tert-OH is 1. The van der Waals surface area contributed by atoms with Crippen LogP contribution in [0.15, 0.2) is 29.2 Å². The number of aliphatic hydroxyl groups is 1. The molecule has 2 amide bonds. The van der Waals surface area contributed by atoms with E-state index >= 15 is 0 Å². The predicted octanol–water partition coefficient (Wildman–Crippen LogP) is 1.97. The number of nitrogens with two attached hydrogens (primary N) is 2. The van der Waals surface area contributed by atoms with Crippen molar-refractivity contribution < 1.29 is 27.9 Å². The van der Waals surface area contributed by atoms with E-state index in [-0.39, 0.29) is 15.5 Å². The number of hydrogen-bond acceptors (Lipinski definition) is 7. The molecular formula is C15H20F3N3O3S2. The second-order valence-corrected chi connectivity index (χ2v) is 7.72. The molecule has 0 saturated heterocycles. The van der Waals surface area contributed by atoms with E-state index in [1.165, 1.54) is 18.2 Å². The minimum Gasteiger partial charge on any atom is -0.382 e. The second-order valence-electron chi connectivity index (χ2n) is 5.18. The van der Waals surface area contributed by atoms with E-state index in [0.29, 0.717) is 12.2 Å². The van der Waals surface area contributed by atoms with Crippen LogP contribution in [0.1, 0.15) is 23.7 Å². The first-order valence-electron chi connectivity index (χ1n) is 7.57. The highest BCUT2D eigenvalue weighted by atomic mass is 32.2. The maximum atomic E-state index is 12.4. The third-order valence-corrected chi connectivity index (χ3v) is 4.88. The van der Waals surface area contributed by atoms with E-state index in [9.17, 15) is 27.9 Å². The molecule has 1 rings (SSSR count). The van der Waals surface area contributed by atoms with Crippen LogP contribution in [0.3, 0.4) is 0 Å². The van der Waals surface area contributed by atoms with Crippen molar-refractivity contribution in [3.63, 3.8) is 0 Å². The minimum atomic E-state index is -4.51. The highest BCUT2D eigenvalue weighted by molar-refractivity contribution is 8.00. The molecular weight excluding hydrogens is 391 g/mol. The quantitative estimate of drug-likeness (QED) is 0.197. The van der Waals surface area contributed by atoms with Gasteiger partial charge in [0.15, 0.2) is 0 Å². The Morgan fingerprint density at radius 2 is 2.00 bits per heavy atom. The lowest BCUT2D eigenvalue weighted by Gasteiger charge is -2.22. The van der Waals surface area contributed by atoms with Crippen molar-refractivity contribution >= 4 is 35.3 Å². The molecule has 0 saturated carbocycles. The van der Waals surface area contributed by atoms with Gasteiger partial charge in [0, 0.05) is 16.5 Å². The highest BCUT2D eigenvalue weighted by Gasteiger charge is 2.32. The van der Waals surface area contributed by atoms with Crippen molar-refractivity contribution in [1.82, 2.24) is 5.01 Å². The van der Waals surface area contributed by atoms with Crippen LogP contribution in [0.5, 0.6) is 0 Å². The smallest absolute Gasteiger partial charge is 0.382 e. The molecule has 1 aromatic carbocycles. The van der Waals surface area contributed by atoms with Crippen LogP contribution >= 0.6 is 23.5 Å². The fourth-order valence-electron chi connectivity index (χ4n) is 1.91. The SMILES string of the molecule is CCSCC[C@@H](N)C(O)C(=O)N(N)C(=O)c1cccc(SC(F)(F)F)c1. The van der Waals surface area contributed by atoms with Gasteiger partial charge in [-0.25, -0.2) is 10.9 Å². The van der Waals surface area contributed by atoms with Crippen LogP contribution < -0.4 is 11.6 Å². The molecule has 0 aromatic heterocycles. The van der Waals surface area contributed by atoms with Crippen molar-refractivity contribution in [2.75, 3.05) is 11.5 Å². The molecule has 6 nitrogen and oxygen atoms in total. The molecule has 2 atom stereocenters. The monoisotopic (exact) mass is 411 g/mol. The minimum absolute atomic E-state index is 0.175. The van der Waals surface area contributed by atoms with E-state index in [1.807, 2.05) is 6.92 Å². The van der Waals surface area contributed by atoms with Gasteiger partial charge in [0.05, 0.1) is 0 Å². The summed E-state index contributed by atoms with van der Waals surface area (Å²) < 4.78 is 37.3. The Labute approximate surface area is 157 Å². The molecule has 146 valence electrons. The number of halogens is 3. The van der Waals surface area contributed by atoms with Crippen LogP contribution in [0, 0.1) is 0 Å².